The summed E-state index contributed by atoms with van der Waals surface area (Å²) in [5.41, 5.74) is 0. The van der Waals surface area contributed by atoms with E-state index in [4.69, 9.17) is 14.5 Å². The van der Waals surface area contributed by atoms with Crippen LogP contribution in [0.4, 0.5) is 0 Å². The summed E-state index contributed by atoms with van der Waals surface area (Å²) in [6.45, 7) is 4.57. The molecule has 0 heterocycles. The van der Waals surface area contributed by atoms with Crippen molar-refractivity contribution < 1.29 is 23.7 Å². The zero-order valence-corrected chi connectivity index (χ0v) is 12.1. The minimum Gasteiger partial charge on any atom is -0.378 e. The Hall–Kier alpha value is 0.260. The van der Waals surface area contributed by atoms with E-state index in [-0.39, 0.29) is 24.7 Å². The van der Waals surface area contributed by atoms with Gasteiger partial charge in [-0.15, -0.1) is 0 Å². The maximum Gasteiger partial charge on any atom is 0.202 e. The Bertz CT molecular complexity index is 230. The molecule has 0 bridgehead atoms. The van der Waals surface area contributed by atoms with Gasteiger partial charge in [-0.05, 0) is 13.8 Å². The van der Waals surface area contributed by atoms with E-state index >= 15 is 0 Å². The summed E-state index contributed by atoms with van der Waals surface area (Å²) in [6.07, 6.45) is 0.185. The third kappa shape index (κ3) is 12.5. The Morgan fingerprint density at radius 3 is 1.65 bits per heavy atom. The molecule has 0 aromatic heterocycles. The molecule has 0 aromatic carbocycles. The summed E-state index contributed by atoms with van der Waals surface area (Å²) in [6, 6.07) is 0.000507. The van der Waals surface area contributed by atoms with Crippen LogP contribution < -0.4 is 10.6 Å². The van der Waals surface area contributed by atoms with Crippen LogP contribution in [-0.4, -0.2) is 47.7 Å². The van der Waals surface area contributed by atoms with E-state index < -0.39 is 16.1 Å². The minimum atomic E-state index is -2.48. The SMILES string of the molecule is CC(COCC(C)NC[PH](=O)O)NC[PH](=O)O. The van der Waals surface area contributed by atoms with E-state index in [0.29, 0.717) is 13.2 Å². The normalized spacial score (nSPS) is 18.6. The van der Waals surface area contributed by atoms with Gasteiger partial charge in [-0.2, -0.15) is 0 Å². The van der Waals surface area contributed by atoms with E-state index in [1.807, 2.05) is 13.8 Å². The molecule has 0 saturated heterocycles. The highest BCUT2D eigenvalue weighted by molar-refractivity contribution is 7.38. The fourth-order valence-electron chi connectivity index (χ4n) is 1.06. The highest BCUT2D eigenvalue weighted by atomic mass is 31.1. The highest BCUT2D eigenvalue weighted by Gasteiger charge is 2.06. The molecule has 0 aliphatic rings. The lowest BCUT2D eigenvalue weighted by molar-refractivity contribution is 0.101. The molecule has 0 saturated carbocycles. The second-order valence-corrected chi connectivity index (χ2v) is 6.17. The average Bonchev–Trinajstić information content (AvgIpc) is 2.23. The molecule has 17 heavy (non-hydrogen) atoms. The molecule has 0 aliphatic heterocycles. The predicted molar refractivity (Wildman–Crippen MR) is 68.2 cm³/mol. The first kappa shape index (κ1) is 17.3. The maximum absolute atomic E-state index is 10.5. The Balaban J connectivity index is 3.48. The van der Waals surface area contributed by atoms with E-state index in [9.17, 15) is 9.13 Å². The molecule has 0 amide bonds. The van der Waals surface area contributed by atoms with Crippen LogP contribution in [0, 0.1) is 0 Å². The Morgan fingerprint density at radius 2 is 1.35 bits per heavy atom. The average molecular weight is 288 g/mol. The van der Waals surface area contributed by atoms with Crippen LogP contribution in [0.25, 0.3) is 0 Å². The summed E-state index contributed by atoms with van der Waals surface area (Å²) in [4.78, 5) is 17.2. The summed E-state index contributed by atoms with van der Waals surface area (Å²) in [5.74, 6) is 0. The molecule has 0 aliphatic carbocycles. The second-order valence-electron chi connectivity index (χ2n) is 3.89. The van der Waals surface area contributed by atoms with Crippen LogP contribution in [-0.2, 0) is 13.9 Å². The molecule has 0 fully saturated rings. The monoisotopic (exact) mass is 288 g/mol. The number of hydrogen-bond acceptors (Lipinski definition) is 5. The third-order valence-corrected chi connectivity index (χ3v) is 2.95. The molecule has 9 heteroatoms. The van der Waals surface area contributed by atoms with Gasteiger partial charge in [-0.3, -0.25) is 9.13 Å². The molecule has 0 aromatic rings. The first-order chi connectivity index (χ1) is 7.91. The standard InChI is InChI=1S/C8H22N2O5P2/c1-7(9-5-16(11)12)3-15-4-8(2)10-6-17(13)14/h7-10,16-17H,3-6H2,1-2H3,(H,11,12)(H,13,14). The molecule has 0 radical (unpaired) electrons. The molecule has 0 rings (SSSR count). The van der Waals surface area contributed by atoms with Crippen LogP contribution in [0.2, 0.25) is 0 Å². The Kier molecular flexibility index (Phi) is 10.4. The lowest BCUT2D eigenvalue weighted by atomic mass is 10.3. The van der Waals surface area contributed by atoms with E-state index in [2.05, 4.69) is 10.6 Å². The van der Waals surface area contributed by atoms with Gasteiger partial charge < -0.3 is 25.2 Å². The topological polar surface area (TPSA) is 108 Å². The fourth-order valence-corrected chi connectivity index (χ4v) is 2.11. The van der Waals surface area contributed by atoms with Crippen molar-refractivity contribution >= 4 is 16.1 Å². The molecule has 7 nitrogen and oxygen atoms in total. The summed E-state index contributed by atoms with van der Waals surface area (Å²) < 4.78 is 26.3. The smallest absolute Gasteiger partial charge is 0.202 e. The lowest BCUT2D eigenvalue weighted by Crippen LogP contribution is -2.34. The van der Waals surface area contributed by atoms with Gasteiger partial charge in [0.05, 0.1) is 25.8 Å². The highest BCUT2D eigenvalue weighted by Crippen LogP contribution is 2.09. The van der Waals surface area contributed by atoms with Crippen molar-refractivity contribution in [3.05, 3.63) is 0 Å². The van der Waals surface area contributed by atoms with Crippen molar-refractivity contribution in [3.8, 4) is 0 Å². The number of hydrogen-bond donors (Lipinski definition) is 4. The molecule has 4 N–H and O–H groups in total. The molecular weight excluding hydrogens is 266 g/mol. The molecule has 104 valence electrons. The van der Waals surface area contributed by atoms with Crippen LogP contribution in [0.3, 0.4) is 0 Å². The van der Waals surface area contributed by atoms with Crippen molar-refractivity contribution in [1.82, 2.24) is 10.6 Å². The summed E-state index contributed by atoms with van der Waals surface area (Å²) >= 11 is 0. The minimum absolute atomic E-state index is 0.000253. The van der Waals surface area contributed by atoms with Gasteiger partial charge in [0.15, 0.2) is 0 Å². The third-order valence-electron chi connectivity index (χ3n) is 1.94. The largest absolute Gasteiger partial charge is 0.378 e. The van der Waals surface area contributed by atoms with Crippen molar-refractivity contribution in [3.63, 3.8) is 0 Å². The number of nitrogens with one attached hydrogen (secondary N) is 2. The summed E-state index contributed by atoms with van der Waals surface area (Å²) in [5, 5.41) is 5.72. The Morgan fingerprint density at radius 1 is 1.00 bits per heavy atom. The van der Waals surface area contributed by atoms with Crippen LogP contribution in [0.1, 0.15) is 13.8 Å². The first-order valence-electron chi connectivity index (χ1n) is 5.40. The van der Waals surface area contributed by atoms with Crippen molar-refractivity contribution in [2.24, 2.45) is 0 Å². The van der Waals surface area contributed by atoms with Gasteiger partial charge in [0.25, 0.3) is 0 Å². The fraction of sp³-hybridized carbons (Fsp3) is 1.00. The van der Waals surface area contributed by atoms with Crippen molar-refractivity contribution in [1.29, 1.82) is 0 Å². The lowest BCUT2D eigenvalue weighted by Gasteiger charge is -2.16. The van der Waals surface area contributed by atoms with E-state index in [1.54, 1.807) is 0 Å². The zero-order valence-electron chi connectivity index (χ0n) is 10.1. The van der Waals surface area contributed by atoms with Crippen molar-refractivity contribution in [2.45, 2.75) is 25.9 Å². The molecule has 4 unspecified atom stereocenters. The Labute approximate surface area is 103 Å². The van der Waals surface area contributed by atoms with Gasteiger partial charge in [0.2, 0.25) is 16.1 Å². The van der Waals surface area contributed by atoms with Crippen LogP contribution in [0.15, 0.2) is 0 Å². The summed E-state index contributed by atoms with van der Waals surface area (Å²) in [7, 11) is -4.95. The molecule has 0 spiro atoms. The molecule has 4 atom stereocenters. The van der Waals surface area contributed by atoms with Gasteiger partial charge >= 0.3 is 0 Å². The zero-order chi connectivity index (χ0) is 13.3. The van der Waals surface area contributed by atoms with Gasteiger partial charge in [0.1, 0.15) is 0 Å². The van der Waals surface area contributed by atoms with E-state index in [1.165, 1.54) is 0 Å². The quantitative estimate of drug-likeness (QED) is 0.413. The van der Waals surface area contributed by atoms with Gasteiger partial charge in [0, 0.05) is 12.1 Å². The predicted octanol–water partition coefficient (Wildman–Crippen LogP) is -0.192. The first-order valence-corrected chi connectivity index (χ1v) is 8.52. The maximum atomic E-state index is 10.5. The second kappa shape index (κ2) is 10.2. The number of ether oxygens (including phenoxy) is 1. The molecular formula is C8H22N2O5P2. The van der Waals surface area contributed by atoms with Crippen LogP contribution >= 0.6 is 16.1 Å². The van der Waals surface area contributed by atoms with Crippen molar-refractivity contribution in [2.75, 3.05) is 25.8 Å². The van der Waals surface area contributed by atoms with Gasteiger partial charge in [-0.1, -0.05) is 0 Å². The van der Waals surface area contributed by atoms with E-state index in [0.717, 1.165) is 0 Å². The van der Waals surface area contributed by atoms with Crippen LogP contribution in [0.5, 0.6) is 0 Å². The van der Waals surface area contributed by atoms with Gasteiger partial charge in [-0.25, -0.2) is 0 Å². The number of rotatable bonds is 10.